The van der Waals surface area contributed by atoms with Gasteiger partial charge in [-0.25, -0.2) is 0 Å². The zero-order chi connectivity index (χ0) is 21.3. The Morgan fingerprint density at radius 2 is 1.45 bits per heavy atom. The fraction of sp³-hybridized carbons (Fsp3) is 1.00. The molecule has 170 valence electrons. The standard InChI is InChI=1S/C17H32N2O10/c1-18-2-4-19(5-3-18)6-8-10(21)11(22)14(25)17(28-8)29-15-9(7-20)27-16(26)13(24)12(15)23/h8-17,20-26H,2-7H2,1H3/t8-,9-,10+,11+,12-,13?,14?,15?,16?,17+/m1/s1. The van der Waals surface area contributed by atoms with Crippen molar-refractivity contribution in [2.45, 2.75) is 61.4 Å². The van der Waals surface area contributed by atoms with Crippen LogP contribution in [0.5, 0.6) is 0 Å². The maximum atomic E-state index is 10.3. The molecule has 3 heterocycles. The molecule has 3 aliphatic heterocycles. The summed E-state index contributed by atoms with van der Waals surface area (Å²) in [6, 6.07) is 0. The Hall–Kier alpha value is -0.480. The first-order valence-corrected chi connectivity index (χ1v) is 9.79. The van der Waals surface area contributed by atoms with Crippen molar-refractivity contribution in [3.05, 3.63) is 0 Å². The molecule has 3 rings (SSSR count). The van der Waals surface area contributed by atoms with Gasteiger partial charge in [0.25, 0.3) is 0 Å². The average Bonchev–Trinajstić information content (AvgIpc) is 2.71. The van der Waals surface area contributed by atoms with Crippen LogP contribution in [0.4, 0.5) is 0 Å². The molecule has 0 bridgehead atoms. The van der Waals surface area contributed by atoms with Gasteiger partial charge in [0.2, 0.25) is 0 Å². The predicted octanol–water partition coefficient (Wildman–Crippen LogP) is -5.14. The van der Waals surface area contributed by atoms with Crippen molar-refractivity contribution in [2.75, 3.05) is 46.4 Å². The van der Waals surface area contributed by atoms with Gasteiger partial charge < -0.3 is 54.9 Å². The number of rotatable bonds is 5. The second-order valence-corrected chi connectivity index (χ2v) is 7.95. The van der Waals surface area contributed by atoms with Crippen LogP contribution in [0.1, 0.15) is 0 Å². The molecule has 0 aromatic heterocycles. The molecule has 0 spiro atoms. The third kappa shape index (κ3) is 5.06. The lowest BCUT2D eigenvalue weighted by atomic mass is 9.96. The summed E-state index contributed by atoms with van der Waals surface area (Å²) in [7, 11) is 2.01. The second-order valence-electron chi connectivity index (χ2n) is 7.95. The zero-order valence-corrected chi connectivity index (χ0v) is 16.3. The number of hydrogen-bond acceptors (Lipinski definition) is 12. The molecule has 29 heavy (non-hydrogen) atoms. The van der Waals surface area contributed by atoms with Gasteiger partial charge in [0.15, 0.2) is 12.6 Å². The van der Waals surface area contributed by atoms with E-state index in [2.05, 4.69) is 9.80 Å². The topological polar surface area (TPSA) is 176 Å². The van der Waals surface area contributed by atoms with Gasteiger partial charge in [-0.2, -0.15) is 0 Å². The van der Waals surface area contributed by atoms with Crippen molar-refractivity contribution in [1.82, 2.24) is 9.80 Å². The molecule has 0 radical (unpaired) electrons. The number of likely N-dealkylation sites (N-methyl/N-ethyl adjacent to an activating group) is 1. The molecule has 3 saturated heterocycles. The van der Waals surface area contributed by atoms with E-state index in [4.69, 9.17) is 14.2 Å². The molecule has 10 atom stereocenters. The van der Waals surface area contributed by atoms with E-state index in [1.165, 1.54) is 0 Å². The summed E-state index contributed by atoms with van der Waals surface area (Å²) in [6.45, 7) is 2.85. The summed E-state index contributed by atoms with van der Waals surface area (Å²) < 4.78 is 16.3. The average molecular weight is 424 g/mol. The predicted molar refractivity (Wildman–Crippen MR) is 95.5 cm³/mol. The Kier molecular flexibility index (Phi) is 7.81. The Balaban J connectivity index is 1.67. The van der Waals surface area contributed by atoms with Crippen LogP contribution in [-0.2, 0) is 14.2 Å². The highest BCUT2D eigenvalue weighted by Gasteiger charge is 2.50. The first kappa shape index (κ1) is 23.2. The van der Waals surface area contributed by atoms with Crippen LogP contribution in [0.2, 0.25) is 0 Å². The molecular formula is C17H32N2O10. The maximum Gasteiger partial charge on any atom is 0.187 e. The lowest BCUT2D eigenvalue weighted by molar-refractivity contribution is -0.354. The second kappa shape index (κ2) is 9.77. The Morgan fingerprint density at radius 3 is 2.07 bits per heavy atom. The van der Waals surface area contributed by atoms with Crippen molar-refractivity contribution in [1.29, 1.82) is 0 Å². The van der Waals surface area contributed by atoms with Crippen LogP contribution in [0, 0.1) is 0 Å². The molecule has 3 fully saturated rings. The summed E-state index contributed by atoms with van der Waals surface area (Å²) in [5.74, 6) is 0. The SMILES string of the molecule is CN1CCN(C[C@H]2O[C@@H](OC3[C@H](O)C(O)C(O)O[C@@H]3CO)C(O)[C@@H](O)[C@H]2O)CC1. The Labute approximate surface area is 168 Å². The van der Waals surface area contributed by atoms with Gasteiger partial charge in [-0.1, -0.05) is 0 Å². The number of aliphatic hydroxyl groups is 7. The van der Waals surface area contributed by atoms with Crippen LogP contribution in [0.3, 0.4) is 0 Å². The molecule has 0 saturated carbocycles. The highest BCUT2D eigenvalue weighted by molar-refractivity contribution is 4.94. The molecular weight excluding hydrogens is 392 g/mol. The van der Waals surface area contributed by atoms with Gasteiger partial charge in [-0.05, 0) is 7.05 Å². The molecule has 0 amide bonds. The number of hydrogen-bond donors (Lipinski definition) is 7. The first-order valence-electron chi connectivity index (χ1n) is 9.79. The maximum absolute atomic E-state index is 10.3. The highest BCUT2D eigenvalue weighted by atomic mass is 16.7. The minimum absolute atomic E-state index is 0.299. The molecule has 12 heteroatoms. The van der Waals surface area contributed by atoms with Crippen LogP contribution in [-0.4, -0.2) is 153 Å². The molecule has 0 aromatic rings. The summed E-state index contributed by atoms with van der Waals surface area (Å²) in [4.78, 5) is 4.23. The van der Waals surface area contributed by atoms with E-state index in [9.17, 15) is 35.7 Å². The highest BCUT2D eigenvalue weighted by Crippen LogP contribution is 2.29. The molecule has 12 nitrogen and oxygen atoms in total. The van der Waals surface area contributed by atoms with Gasteiger partial charge in [-0.3, -0.25) is 4.90 Å². The van der Waals surface area contributed by atoms with E-state index < -0.39 is 68.0 Å². The van der Waals surface area contributed by atoms with Crippen molar-refractivity contribution >= 4 is 0 Å². The van der Waals surface area contributed by atoms with Gasteiger partial charge in [0, 0.05) is 32.7 Å². The van der Waals surface area contributed by atoms with Crippen LogP contribution >= 0.6 is 0 Å². The summed E-state index contributed by atoms with van der Waals surface area (Å²) in [6.07, 6.45) is -14.4. The lowest BCUT2D eigenvalue weighted by Crippen LogP contribution is -2.65. The van der Waals surface area contributed by atoms with Crippen molar-refractivity contribution in [3.8, 4) is 0 Å². The van der Waals surface area contributed by atoms with Gasteiger partial charge >= 0.3 is 0 Å². The molecule has 3 aliphatic rings. The van der Waals surface area contributed by atoms with Gasteiger partial charge in [0.1, 0.15) is 48.8 Å². The fourth-order valence-corrected chi connectivity index (χ4v) is 3.85. The minimum atomic E-state index is -1.71. The largest absolute Gasteiger partial charge is 0.394 e. The molecule has 4 unspecified atom stereocenters. The number of aliphatic hydroxyl groups excluding tert-OH is 7. The quantitative estimate of drug-likeness (QED) is 0.224. The van der Waals surface area contributed by atoms with E-state index in [1.807, 2.05) is 7.05 Å². The third-order valence-corrected chi connectivity index (χ3v) is 5.83. The van der Waals surface area contributed by atoms with Crippen LogP contribution in [0.25, 0.3) is 0 Å². The van der Waals surface area contributed by atoms with E-state index in [0.29, 0.717) is 6.54 Å². The van der Waals surface area contributed by atoms with Crippen molar-refractivity contribution < 1.29 is 50.0 Å². The molecule has 7 N–H and O–H groups in total. The summed E-state index contributed by atoms with van der Waals surface area (Å²) in [5.41, 5.74) is 0. The first-order chi connectivity index (χ1) is 13.7. The normalized spacial score (nSPS) is 48.0. The third-order valence-electron chi connectivity index (χ3n) is 5.83. The van der Waals surface area contributed by atoms with Crippen LogP contribution < -0.4 is 0 Å². The van der Waals surface area contributed by atoms with Crippen molar-refractivity contribution in [3.63, 3.8) is 0 Å². The molecule has 0 aromatic carbocycles. The van der Waals surface area contributed by atoms with Crippen molar-refractivity contribution in [2.24, 2.45) is 0 Å². The number of ether oxygens (including phenoxy) is 3. The lowest BCUT2D eigenvalue weighted by Gasteiger charge is -2.46. The molecule has 0 aliphatic carbocycles. The number of piperazine rings is 1. The fourth-order valence-electron chi connectivity index (χ4n) is 3.85. The minimum Gasteiger partial charge on any atom is -0.394 e. The van der Waals surface area contributed by atoms with Gasteiger partial charge in [0.05, 0.1) is 6.61 Å². The zero-order valence-electron chi connectivity index (χ0n) is 16.3. The van der Waals surface area contributed by atoms with Gasteiger partial charge in [-0.15, -0.1) is 0 Å². The smallest absolute Gasteiger partial charge is 0.187 e. The number of nitrogens with zero attached hydrogens (tertiary/aromatic N) is 2. The van der Waals surface area contributed by atoms with E-state index >= 15 is 0 Å². The van der Waals surface area contributed by atoms with E-state index in [-0.39, 0.29) is 0 Å². The summed E-state index contributed by atoms with van der Waals surface area (Å²) >= 11 is 0. The van der Waals surface area contributed by atoms with Crippen LogP contribution in [0.15, 0.2) is 0 Å². The van der Waals surface area contributed by atoms with E-state index in [1.54, 1.807) is 0 Å². The Bertz CT molecular complexity index is 520. The monoisotopic (exact) mass is 424 g/mol. The van der Waals surface area contributed by atoms with E-state index in [0.717, 1.165) is 26.2 Å². The Morgan fingerprint density at radius 1 is 0.793 bits per heavy atom. The summed E-state index contributed by atoms with van der Waals surface area (Å²) in [5, 5.41) is 69.9.